The van der Waals surface area contributed by atoms with Gasteiger partial charge in [-0.15, -0.1) is 11.3 Å². The predicted molar refractivity (Wildman–Crippen MR) is 72.9 cm³/mol. The van der Waals surface area contributed by atoms with Crippen molar-refractivity contribution in [3.05, 3.63) is 22.4 Å². The lowest BCUT2D eigenvalue weighted by atomic mass is 10.2. The van der Waals surface area contributed by atoms with Gasteiger partial charge in [0.15, 0.2) is 0 Å². The maximum absolute atomic E-state index is 3.64. The van der Waals surface area contributed by atoms with Crippen LogP contribution in [0.3, 0.4) is 0 Å². The zero-order chi connectivity index (χ0) is 11.1. The van der Waals surface area contributed by atoms with Crippen molar-refractivity contribution in [2.24, 2.45) is 0 Å². The van der Waals surface area contributed by atoms with Gasteiger partial charge in [-0.3, -0.25) is 0 Å². The SMILES string of the molecule is CCSCCC(C)NC(C)c1cccs1. The Hall–Kier alpha value is 0.01000. The lowest BCUT2D eigenvalue weighted by Crippen LogP contribution is -2.28. The van der Waals surface area contributed by atoms with Crippen molar-refractivity contribution in [3.63, 3.8) is 0 Å². The minimum atomic E-state index is 0.492. The third-order valence-corrected chi connectivity index (χ3v) is 4.39. The number of thiophene rings is 1. The minimum Gasteiger partial charge on any atom is -0.307 e. The van der Waals surface area contributed by atoms with E-state index in [1.54, 1.807) is 0 Å². The molecule has 1 N–H and O–H groups in total. The molecular formula is C12H21NS2. The summed E-state index contributed by atoms with van der Waals surface area (Å²) in [5, 5.41) is 5.78. The van der Waals surface area contributed by atoms with Crippen molar-refractivity contribution in [1.82, 2.24) is 5.32 Å². The Morgan fingerprint density at radius 1 is 1.47 bits per heavy atom. The fraction of sp³-hybridized carbons (Fsp3) is 0.667. The highest BCUT2D eigenvalue weighted by atomic mass is 32.2. The summed E-state index contributed by atoms with van der Waals surface area (Å²) in [7, 11) is 0. The van der Waals surface area contributed by atoms with Crippen LogP contribution in [-0.4, -0.2) is 17.5 Å². The third-order valence-electron chi connectivity index (χ3n) is 2.40. The molecule has 0 radical (unpaired) electrons. The monoisotopic (exact) mass is 243 g/mol. The van der Waals surface area contributed by atoms with Crippen LogP contribution in [0, 0.1) is 0 Å². The second-order valence-corrected chi connectivity index (χ2v) is 6.16. The highest BCUT2D eigenvalue weighted by Gasteiger charge is 2.09. The molecule has 0 amide bonds. The average molecular weight is 243 g/mol. The smallest absolute Gasteiger partial charge is 0.0388 e. The zero-order valence-corrected chi connectivity index (χ0v) is 11.5. The van der Waals surface area contributed by atoms with Crippen molar-refractivity contribution in [3.8, 4) is 0 Å². The molecule has 0 saturated heterocycles. The molecule has 15 heavy (non-hydrogen) atoms. The zero-order valence-electron chi connectivity index (χ0n) is 9.82. The molecule has 1 rings (SSSR count). The Kier molecular flexibility index (Phi) is 6.37. The summed E-state index contributed by atoms with van der Waals surface area (Å²) < 4.78 is 0. The van der Waals surface area contributed by atoms with E-state index in [0.717, 1.165) is 0 Å². The van der Waals surface area contributed by atoms with Gasteiger partial charge >= 0.3 is 0 Å². The van der Waals surface area contributed by atoms with E-state index in [9.17, 15) is 0 Å². The van der Waals surface area contributed by atoms with Crippen molar-refractivity contribution < 1.29 is 0 Å². The molecular weight excluding hydrogens is 222 g/mol. The highest BCUT2D eigenvalue weighted by molar-refractivity contribution is 7.99. The van der Waals surface area contributed by atoms with Crippen LogP contribution in [0.1, 0.15) is 38.1 Å². The normalized spacial score (nSPS) is 15.1. The summed E-state index contributed by atoms with van der Waals surface area (Å²) >= 11 is 3.86. The van der Waals surface area contributed by atoms with E-state index in [-0.39, 0.29) is 0 Å². The molecule has 0 aliphatic carbocycles. The first-order valence-corrected chi connectivity index (χ1v) is 7.64. The first-order valence-electron chi connectivity index (χ1n) is 5.61. The average Bonchev–Trinajstić information content (AvgIpc) is 2.70. The summed E-state index contributed by atoms with van der Waals surface area (Å²) in [4.78, 5) is 1.44. The summed E-state index contributed by atoms with van der Waals surface area (Å²) in [5.74, 6) is 2.50. The number of nitrogens with one attached hydrogen (secondary N) is 1. The van der Waals surface area contributed by atoms with E-state index in [0.29, 0.717) is 12.1 Å². The number of hydrogen-bond acceptors (Lipinski definition) is 3. The van der Waals surface area contributed by atoms with Crippen molar-refractivity contribution in [2.75, 3.05) is 11.5 Å². The number of rotatable bonds is 7. The first-order chi connectivity index (χ1) is 7.24. The quantitative estimate of drug-likeness (QED) is 0.728. The van der Waals surface area contributed by atoms with Gasteiger partial charge in [-0.25, -0.2) is 0 Å². The maximum atomic E-state index is 3.64. The molecule has 0 bridgehead atoms. The van der Waals surface area contributed by atoms with E-state index in [1.165, 1.54) is 22.8 Å². The van der Waals surface area contributed by atoms with Crippen LogP contribution < -0.4 is 5.32 Å². The minimum absolute atomic E-state index is 0.492. The van der Waals surface area contributed by atoms with Crippen LogP contribution in [0.5, 0.6) is 0 Å². The molecule has 0 spiro atoms. The molecule has 0 saturated carbocycles. The molecule has 2 unspecified atom stereocenters. The molecule has 1 nitrogen and oxygen atoms in total. The summed E-state index contributed by atoms with van der Waals surface area (Å²) in [6.45, 7) is 6.74. The summed E-state index contributed by atoms with van der Waals surface area (Å²) in [5.41, 5.74) is 0. The van der Waals surface area contributed by atoms with Gasteiger partial charge in [0.1, 0.15) is 0 Å². The van der Waals surface area contributed by atoms with E-state index in [4.69, 9.17) is 0 Å². The molecule has 86 valence electrons. The van der Waals surface area contributed by atoms with Gasteiger partial charge in [0.2, 0.25) is 0 Å². The summed E-state index contributed by atoms with van der Waals surface area (Å²) in [6, 6.07) is 5.43. The second kappa shape index (κ2) is 7.31. The molecule has 0 aliphatic rings. The standard InChI is InChI=1S/C12H21NS2/c1-4-14-9-7-10(2)13-11(3)12-6-5-8-15-12/h5-6,8,10-11,13H,4,7,9H2,1-3H3. The Balaban J connectivity index is 2.22. The molecule has 0 aliphatic heterocycles. The summed E-state index contributed by atoms with van der Waals surface area (Å²) in [6.07, 6.45) is 1.26. The topological polar surface area (TPSA) is 12.0 Å². The van der Waals surface area contributed by atoms with E-state index < -0.39 is 0 Å². The molecule has 1 aromatic rings. The molecule has 0 aromatic carbocycles. The van der Waals surface area contributed by atoms with Crippen LogP contribution in [-0.2, 0) is 0 Å². The first kappa shape index (κ1) is 13.1. The van der Waals surface area contributed by atoms with Gasteiger partial charge in [-0.05, 0) is 43.2 Å². The van der Waals surface area contributed by atoms with Gasteiger partial charge in [0, 0.05) is 17.0 Å². The van der Waals surface area contributed by atoms with Gasteiger partial charge in [0.25, 0.3) is 0 Å². The largest absolute Gasteiger partial charge is 0.307 e. The molecule has 2 atom stereocenters. The molecule has 3 heteroatoms. The predicted octanol–water partition coefficient (Wildman–Crippen LogP) is 3.93. The van der Waals surface area contributed by atoms with E-state index >= 15 is 0 Å². The van der Waals surface area contributed by atoms with Crippen molar-refractivity contribution in [1.29, 1.82) is 0 Å². The molecule has 1 aromatic heterocycles. The van der Waals surface area contributed by atoms with E-state index in [2.05, 4.69) is 43.6 Å². The highest BCUT2D eigenvalue weighted by Crippen LogP contribution is 2.19. The third kappa shape index (κ3) is 5.05. The lowest BCUT2D eigenvalue weighted by molar-refractivity contribution is 0.476. The van der Waals surface area contributed by atoms with Gasteiger partial charge in [-0.1, -0.05) is 13.0 Å². The fourth-order valence-electron chi connectivity index (χ4n) is 1.53. The lowest BCUT2D eigenvalue weighted by Gasteiger charge is -2.18. The van der Waals surface area contributed by atoms with Crippen LogP contribution >= 0.6 is 23.1 Å². The number of hydrogen-bond donors (Lipinski definition) is 1. The molecule has 1 heterocycles. The van der Waals surface area contributed by atoms with Crippen LogP contribution in [0.25, 0.3) is 0 Å². The van der Waals surface area contributed by atoms with Gasteiger partial charge in [-0.2, -0.15) is 11.8 Å². The van der Waals surface area contributed by atoms with Gasteiger partial charge < -0.3 is 5.32 Å². The second-order valence-electron chi connectivity index (χ2n) is 3.79. The maximum Gasteiger partial charge on any atom is 0.0388 e. The molecule has 0 fully saturated rings. The Labute approximate surface area is 102 Å². The van der Waals surface area contributed by atoms with E-state index in [1.807, 2.05) is 23.1 Å². The van der Waals surface area contributed by atoms with Crippen molar-refractivity contribution in [2.45, 2.75) is 39.3 Å². The number of thioether (sulfide) groups is 1. The Morgan fingerprint density at radius 3 is 2.87 bits per heavy atom. The Bertz CT molecular complexity index is 246. The Morgan fingerprint density at radius 2 is 2.27 bits per heavy atom. The van der Waals surface area contributed by atoms with Crippen LogP contribution in [0.2, 0.25) is 0 Å². The van der Waals surface area contributed by atoms with Crippen molar-refractivity contribution >= 4 is 23.1 Å². The van der Waals surface area contributed by atoms with Gasteiger partial charge in [0.05, 0.1) is 0 Å². The fourth-order valence-corrected chi connectivity index (χ4v) is 3.09. The van der Waals surface area contributed by atoms with Crippen LogP contribution in [0.15, 0.2) is 17.5 Å². The van der Waals surface area contributed by atoms with Crippen LogP contribution in [0.4, 0.5) is 0 Å².